The number of ether oxygens (including phenoxy) is 2. The fourth-order valence-electron chi connectivity index (χ4n) is 2.78. The molecule has 1 atom stereocenters. The van der Waals surface area contributed by atoms with Crippen LogP contribution in [0, 0.1) is 12.7 Å². The van der Waals surface area contributed by atoms with Gasteiger partial charge in [-0.05, 0) is 56.1 Å². The lowest BCUT2D eigenvalue weighted by atomic mass is 10.2. The van der Waals surface area contributed by atoms with Crippen molar-refractivity contribution in [2.24, 2.45) is 0 Å². The fourth-order valence-corrected chi connectivity index (χ4v) is 2.78. The Hall–Kier alpha value is -2.60. The van der Waals surface area contributed by atoms with E-state index in [-0.39, 0.29) is 17.7 Å². The van der Waals surface area contributed by atoms with Gasteiger partial charge in [-0.25, -0.2) is 4.39 Å². The largest absolute Gasteiger partial charge is 0.493 e. The van der Waals surface area contributed by atoms with Crippen LogP contribution in [0.3, 0.4) is 0 Å². The highest BCUT2D eigenvalue weighted by Gasteiger charge is 2.22. The van der Waals surface area contributed by atoms with Crippen LogP contribution in [0.4, 0.5) is 10.1 Å². The summed E-state index contributed by atoms with van der Waals surface area (Å²) >= 11 is 0. The number of aryl methyl sites for hydroxylation is 1. The maximum absolute atomic E-state index is 14.3. The lowest BCUT2D eigenvalue weighted by molar-refractivity contribution is -0.117. The smallest absolute Gasteiger partial charge is 0.241 e. The second kappa shape index (κ2) is 7.53. The quantitative estimate of drug-likeness (QED) is 0.870. The number of halogens is 1. The molecule has 2 N–H and O–H groups in total. The monoisotopic (exact) mass is 344 g/mol. The van der Waals surface area contributed by atoms with Gasteiger partial charge in [-0.3, -0.25) is 4.79 Å². The van der Waals surface area contributed by atoms with Gasteiger partial charge in [0, 0.05) is 11.8 Å². The third-order valence-corrected chi connectivity index (χ3v) is 4.12. The van der Waals surface area contributed by atoms with E-state index in [9.17, 15) is 9.18 Å². The number of benzene rings is 2. The molecule has 0 spiro atoms. The van der Waals surface area contributed by atoms with Gasteiger partial charge in [0.1, 0.15) is 0 Å². The zero-order chi connectivity index (χ0) is 17.8. The van der Waals surface area contributed by atoms with Crippen molar-refractivity contribution >= 4 is 11.6 Å². The van der Waals surface area contributed by atoms with E-state index in [1.807, 2.05) is 19.1 Å². The Bertz CT molecular complexity index is 773. The maximum Gasteiger partial charge on any atom is 0.241 e. The summed E-state index contributed by atoms with van der Waals surface area (Å²) in [5.41, 5.74) is 1.42. The minimum Gasteiger partial charge on any atom is -0.493 e. The molecule has 5 nitrogen and oxygen atoms in total. The molecule has 1 aliphatic rings. The van der Waals surface area contributed by atoms with Crippen molar-refractivity contribution < 1.29 is 18.7 Å². The topological polar surface area (TPSA) is 59.6 Å². The molecule has 0 aliphatic carbocycles. The predicted molar refractivity (Wildman–Crippen MR) is 93.9 cm³/mol. The zero-order valence-corrected chi connectivity index (χ0v) is 14.3. The van der Waals surface area contributed by atoms with Crippen molar-refractivity contribution in [3.8, 4) is 17.2 Å². The summed E-state index contributed by atoms with van der Waals surface area (Å²) in [5.74, 6) is 0.327. The van der Waals surface area contributed by atoms with Crippen molar-refractivity contribution in [1.29, 1.82) is 0 Å². The van der Waals surface area contributed by atoms with Gasteiger partial charge in [0.15, 0.2) is 23.1 Å². The molecule has 3 rings (SSSR count). The van der Waals surface area contributed by atoms with Crippen LogP contribution >= 0.6 is 0 Å². The summed E-state index contributed by atoms with van der Waals surface area (Å²) in [6, 6.07) is 9.56. The molecule has 0 radical (unpaired) electrons. The summed E-state index contributed by atoms with van der Waals surface area (Å²) in [4.78, 5) is 12.1. The molecule has 6 heteroatoms. The predicted octanol–water partition coefficient (Wildman–Crippen LogP) is 3.63. The maximum atomic E-state index is 14.3. The Balaban J connectivity index is 1.72. The molecule has 0 bridgehead atoms. The van der Waals surface area contributed by atoms with Gasteiger partial charge in [-0.15, -0.1) is 0 Å². The number of carbonyl (C=O) groups is 1. The van der Waals surface area contributed by atoms with Crippen LogP contribution in [0.15, 0.2) is 36.4 Å². The van der Waals surface area contributed by atoms with Gasteiger partial charge in [-0.1, -0.05) is 6.07 Å². The summed E-state index contributed by atoms with van der Waals surface area (Å²) in [6.45, 7) is 2.77. The van der Waals surface area contributed by atoms with Crippen molar-refractivity contribution in [1.82, 2.24) is 5.32 Å². The molecule has 1 saturated heterocycles. The van der Waals surface area contributed by atoms with E-state index in [2.05, 4.69) is 10.6 Å². The van der Waals surface area contributed by atoms with Gasteiger partial charge < -0.3 is 20.1 Å². The van der Waals surface area contributed by atoms with Gasteiger partial charge in [-0.2, -0.15) is 0 Å². The van der Waals surface area contributed by atoms with Gasteiger partial charge >= 0.3 is 0 Å². The van der Waals surface area contributed by atoms with Crippen LogP contribution in [-0.4, -0.2) is 25.6 Å². The number of nitrogens with one attached hydrogen (secondary N) is 2. The lowest BCUT2D eigenvalue weighted by Crippen LogP contribution is -2.35. The average Bonchev–Trinajstić information content (AvgIpc) is 3.13. The normalized spacial score (nSPS) is 16.5. The van der Waals surface area contributed by atoms with E-state index in [0.717, 1.165) is 24.9 Å². The number of rotatable bonds is 5. The molecule has 2 aromatic carbocycles. The summed E-state index contributed by atoms with van der Waals surface area (Å²) < 4.78 is 25.2. The number of anilines is 1. The number of carbonyl (C=O) groups excluding carboxylic acids is 1. The number of hydrogen-bond acceptors (Lipinski definition) is 4. The highest BCUT2D eigenvalue weighted by molar-refractivity contribution is 5.95. The molecule has 0 aromatic heterocycles. The van der Waals surface area contributed by atoms with E-state index in [1.165, 1.54) is 19.2 Å². The molecule has 1 aliphatic heterocycles. The number of amides is 1. The highest BCUT2D eigenvalue weighted by atomic mass is 19.1. The second-order valence-corrected chi connectivity index (χ2v) is 6.04. The van der Waals surface area contributed by atoms with Gasteiger partial charge in [0.25, 0.3) is 0 Å². The molecule has 1 unspecified atom stereocenters. The van der Waals surface area contributed by atoms with Crippen molar-refractivity contribution in [3.05, 3.63) is 47.8 Å². The lowest BCUT2D eigenvalue weighted by Gasteiger charge is -2.14. The Kier molecular flexibility index (Phi) is 5.19. The third-order valence-electron chi connectivity index (χ3n) is 4.12. The minimum absolute atomic E-state index is 0.0687. The molecule has 25 heavy (non-hydrogen) atoms. The van der Waals surface area contributed by atoms with Crippen molar-refractivity contribution in [2.45, 2.75) is 25.8 Å². The molecule has 0 saturated carbocycles. The van der Waals surface area contributed by atoms with Crippen LogP contribution in [0.1, 0.15) is 18.4 Å². The summed E-state index contributed by atoms with van der Waals surface area (Å²) in [6.07, 6.45) is 1.76. The first-order valence-corrected chi connectivity index (χ1v) is 8.23. The first kappa shape index (κ1) is 17.2. The fraction of sp³-hybridized carbons (Fsp3) is 0.316. The zero-order valence-electron chi connectivity index (χ0n) is 14.3. The third kappa shape index (κ3) is 4.09. The minimum atomic E-state index is -0.556. The van der Waals surface area contributed by atoms with Crippen LogP contribution in [-0.2, 0) is 4.79 Å². The van der Waals surface area contributed by atoms with E-state index in [1.54, 1.807) is 12.1 Å². The SMILES string of the molecule is COc1cc(C)ccc1Oc1ccc(NC(=O)C2CCCN2)cc1F. The Morgan fingerprint density at radius 2 is 2.00 bits per heavy atom. The summed E-state index contributed by atoms with van der Waals surface area (Å²) in [7, 11) is 1.54. The molecular formula is C19H21FN2O3. The Morgan fingerprint density at radius 1 is 1.20 bits per heavy atom. The van der Waals surface area contributed by atoms with E-state index in [0.29, 0.717) is 17.2 Å². The second-order valence-electron chi connectivity index (χ2n) is 6.04. The Labute approximate surface area is 146 Å². The molecular weight excluding hydrogens is 323 g/mol. The molecule has 2 aromatic rings. The van der Waals surface area contributed by atoms with Crippen LogP contribution in [0.5, 0.6) is 17.2 Å². The first-order valence-electron chi connectivity index (χ1n) is 8.23. The van der Waals surface area contributed by atoms with Gasteiger partial charge in [0.2, 0.25) is 5.91 Å². The molecule has 1 amide bonds. The molecule has 1 fully saturated rings. The highest BCUT2D eigenvalue weighted by Crippen LogP contribution is 2.34. The van der Waals surface area contributed by atoms with Crippen LogP contribution < -0.4 is 20.1 Å². The number of methoxy groups -OCH3 is 1. The van der Waals surface area contributed by atoms with Crippen LogP contribution in [0.25, 0.3) is 0 Å². The van der Waals surface area contributed by atoms with E-state index in [4.69, 9.17) is 9.47 Å². The van der Waals surface area contributed by atoms with Crippen molar-refractivity contribution in [2.75, 3.05) is 19.0 Å². The van der Waals surface area contributed by atoms with E-state index >= 15 is 0 Å². The van der Waals surface area contributed by atoms with E-state index < -0.39 is 5.82 Å². The molecule has 132 valence electrons. The summed E-state index contributed by atoms with van der Waals surface area (Å²) in [5, 5.41) is 5.83. The Morgan fingerprint density at radius 3 is 2.68 bits per heavy atom. The first-order chi connectivity index (χ1) is 12.1. The van der Waals surface area contributed by atoms with Crippen molar-refractivity contribution in [3.63, 3.8) is 0 Å². The molecule has 1 heterocycles. The van der Waals surface area contributed by atoms with Gasteiger partial charge in [0.05, 0.1) is 13.2 Å². The van der Waals surface area contributed by atoms with Crippen LogP contribution in [0.2, 0.25) is 0 Å². The average molecular weight is 344 g/mol. The standard InChI is InChI=1S/C19H21FN2O3/c1-12-5-7-17(18(10-12)24-2)25-16-8-6-13(11-14(16)20)22-19(23)15-4-3-9-21-15/h5-8,10-11,15,21H,3-4,9H2,1-2H3,(H,22,23). The number of hydrogen-bond donors (Lipinski definition) is 2.